The number of rotatable bonds is 5. The normalized spacial score (nSPS) is 18.3. The van der Waals surface area contributed by atoms with Crippen LogP contribution in [-0.2, 0) is 16.6 Å². The van der Waals surface area contributed by atoms with Crippen molar-refractivity contribution in [2.45, 2.75) is 11.4 Å². The molecule has 0 radical (unpaired) electrons. The van der Waals surface area contributed by atoms with Gasteiger partial charge in [0, 0.05) is 32.7 Å². The van der Waals surface area contributed by atoms with Crippen molar-refractivity contribution in [1.29, 1.82) is 0 Å². The minimum absolute atomic E-state index is 0.302. The highest BCUT2D eigenvalue weighted by molar-refractivity contribution is 7.89. The molecule has 1 aliphatic heterocycles. The monoisotopic (exact) mass is 298 g/mol. The average Bonchev–Trinajstić information content (AvgIpc) is 2.42. The molecule has 112 valence electrons. The molecule has 1 aliphatic rings. The first-order valence-electron chi connectivity index (χ1n) is 6.71. The summed E-state index contributed by atoms with van der Waals surface area (Å²) in [7, 11) is 0.423. The van der Waals surface area contributed by atoms with Crippen LogP contribution in [0.5, 0.6) is 0 Å². The lowest BCUT2D eigenvalue weighted by atomic mass is 10.2. The van der Waals surface area contributed by atoms with Crippen molar-refractivity contribution in [2.24, 2.45) is 0 Å². The molecule has 7 heteroatoms. The van der Waals surface area contributed by atoms with Gasteiger partial charge < -0.3 is 10.2 Å². The Hall–Kier alpha value is -0.990. The van der Waals surface area contributed by atoms with Crippen LogP contribution in [0.15, 0.2) is 29.2 Å². The van der Waals surface area contributed by atoms with E-state index in [0.29, 0.717) is 18.0 Å². The molecule has 1 aromatic rings. The number of hydrogen-bond acceptors (Lipinski definition) is 5. The highest BCUT2D eigenvalue weighted by Crippen LogP contribution is 2.11. The number of hydrazine groups is 1. The Bertz CT molecular complexity index is 522. The molecule has 1 aromatic carbocycles. The summed E-state index contributed by atoms with van der Waals surface area (Å²) < 4.78 is 24.5. The minimum atomic E-state index is -3.47. The van der Waals surface area contributed by atoms with Crippen LogP contribution < -0.4 is 10.1 Å². The first-order valence-corrected chi connectivity index (χ1v) is 8.19. The highest BCUT2D eigenvalue weighted by Gasteiger charge is 2.21. The predicted molar refractivity (Wildman–Crippen MR) is 78.6 cm³/mol. The van der Waals surface area contributed by atoms with Gasteiger partial charge in [0.15, 0.2) is 0 Å². The molecule has 0 amide bonds. The lowest BCUT2D eigenvalue weighted by Crippen LogP contribution is -2.52. The van der Waals surface area contributed by atoms with Crippen molar-refractivity contribution in [3.05, 3.63) is 29.8 Å². The Morgan fingerprint density at radius 3 is 2.25 bits per heavy atom. The van der Waals surface area contributed by atoms with Gasteiger partial charge in [-0.1, -0.05) is 12.1 Å². The van der Waals surface area contributed by atoms with Crippen molar-refractivity contribution in [3.63, 3.8) is 0 Å². The number of nitrogens with zero attached hydrogens (tertiary/aromatic N) is 2. The minimum Gasteiger partial charge on any atom is -0.316 e. The second kappa shape index (κ2) is 6.64. The number of piperazine rings is 1. The van der Waals surface area contributed by atoms with Gasteiger partial charge in [-0.25, -0.2) is 13.4 Å². The Kier molecular flexibility index (Phi) is 5.11. The van der Waals surface area contributed by atoms with Gasteiger partial charge in [0.05, 0.1) is 4.90 Å². The van der Waals surface area contributed by atoms with E-state index in [1.807, 2.05) is 26.2 Å². The van der Waals surface area contributed by atoms with Gasteiger partial charge >= 0.3 is 0 Å². The molecule has 0 unspecified atom stereocenters. The van der Waals surface area contributed by atoms with Crippen LogP contribution in [0.1, 0.15) is 5.56 Å². The van der Waals surface area contributed by atoms with Crippen molar-refractivity contribution >= 4 is 10.0 Å². The van der Waals surface area contributed by atoms with E-state index in [2.05, 4.69) is 15.0 Å². The summed E-state index contributed by atoms with van der Waals surface area (Å²) >= 11 is 0. The maximum Gasteiger partial charge on any atom is 0.253 e. The summed E-state index contributed by atoms with van der Waals surface area (Å²) in [5.41, 5.74) is 1.06. The average molecular weight is 298 g/mol. The van der Waals surface area contributed by atoms with Gasteiger partial charge in [-0.15, -0.1) is 4.83 Å². The van der Waals surface area contributed by atoms with Crippen LogP contribution in [-0.4, -0.2) is 58.6 Å². The molecule has 20 heavy (non-hydrogen) atoms. The predicted octanol–water partition coefficient (Wildman–Crippen LogP) is -0.153. The third kappa shape index (κ3) is 4.00. The van der Waals surface area contributed by atoms with E-state index in [1.54, 1.807) is 17.1 Å². The van der Waals surface area contributed by atoms with E-state index in [9.17, 15) is 8.42 Å². The Morgan fingerprint density at radius 2 is 1.70 bits per heavy atom. The van der Waals surface area contributed by atoms with Crippen LogP contribution in [0.2, 0.25) is 0 Å². The molecule has 1 saturated heterocycles. The third-order valence-electron chi connectivity index (χ3n) is 3.37. The maximum absolute atomic E-state index is 12.3. The van der Waals surface area contributed by atoms with Gasteiger partial charge in [0.2, 0.25) is 0 Å². The number of nitrogens with one attached hydrogen (secondary N) is 2. The van der Waals surface area contributed by atoms with Gasteiger partial charge in [0.1, 0.15) is 0 Å². The van der Waals surface area contributed by atoms with Crippen LogP contribution >= 0.6 is 0 Å². The molecule has 0 aliphatic carbocycles. The SMILES string of the molecule is CNCc1ccc(S(=O)(=O)NN2CCN(C)CC2)cc1. The number of sulfonamides is 1. The second-order valence-corrected chi connectivity index (χ2v) is 6.72. The largest absolute Gasteiger partial charge is 0.316 e. The van der Waals surface area contributed by atoms with E-state index < -0.39 is 10.0 Å². The zero-order valence-electron chi connectivity index (χ0n) is 12.0. The van der Waals surface area contributed by atoms with Gasteiger partial charge in [-0.2, -0.15) is 0 Å². The van der Waals surface area contributed by atoms with Crippen molar-refractivity contribution in [2.75, 3.05) is 40.3 Å². The standard InChI is InChI=1S/C13H22N4O2S/c1-14-11-12-3-5-13(6-4-12)20(18,19)15-17-9-7-16(2)8-10-17/h3-6,14-15H,7-11H2,1-2H3. The molecule has 2 rings (SSSR count). The smallest absolute Gasteiger partial charge is 0.253 e. The summed E-state index contributed by atoms with van der Waals surface area (Å²) in [6, 6.07) is 6.94. The zero-order chi connectivity index (χ0) is 14.6. The van der Waals surface area contributed by atoms with E-state index in [0.717, 1.165) is 25.2 Å². The zero-order valence-corrected chi connectivity index (χ0v) is 12.8. The quantitative estimate of drug-likeness (QED) is 0.791. The summed E-state index contributed by atoms with van der Waals surface area (Å²) in [5.74, 6) is 0. The fraction of sp³-hybridized carbons (Fsp3) is 0.538. The molecule has 1 fully saturated rings. The second-order valence-electron chi connectivity index (χ2n) is 5.06. The molecule has 0 saturated carbocycles. The topological polar surface area (TPSA) is 64.7 Å². The molecule has 0 bridgehead atoms. The maximum atomic E-state index is 12.3. The van der Waals surface area contributed by atoms with E-state index in [4.69, 9.17) is 0 Å². The third-order valence-corrected chi connectivity index (χ3v) is 4.76. The molecule has 0 aromatic heterocycles. The highest BCUT2D eigenvalue weighted by atomic mass is 32.2. The Morgan fingerprint density at radius 1 is 1.10 bits per heavy atom. The van der Waals surface area contributed by atoms with Gasteiger partial charge in [-0.05, 0) is 31.8 Å². The van der Waals surface area contributed by atoms with Crippen molar-refractivity contribution in [3.8, 4) is 0 Å². The van der Waals surface area contributed by atoms with Crippen LogP contribution in [0.4, 0.5) is 0 Å². The first-order chi connectivity index (χ1) is 9.51. The first kappa shape index (κ1) is 15.4. The van der Waals surface area contributed by atoms with Gasteiger partial charge in [0.25, 0.3) is 10.0 Å². The molecule has 0 spiro atoms. The van der Waals surface area contributed by atoms with E-state index in [-0.39, 0.29) is 0 Å². The molecular weight excluding hydrogens is 276 g/mol. The summed E-state index contributed by atoms with van der Waals surface area (Å²) in [6.07, 6.45) is 0. The molecule has 0 atom stereocenters. The lowest BCUT2D eigenvalue weighted by molar-refractivity contribution is 0.135. The van der Waals surface area contributed by atoms with Crippen molar-refractivity contribution < 1.29 is 8.42 Å². The van der Waals surface area contributed by atoms with Gasteiger partial charge in [-0.3, -0.25) is 0 Å². The number of hydrogen-bond donors (Lipinski definition) is 2. The van der Waals surface area contributed by atoms with Crippen LogP contribution in [0.25, 0.3) is 0 Å². The molecule has 1 heterocycles. The Labute approximate surface area is 120 Å². The van der Waals surface area contributed by atoms with E-state index >= 15 is 0 Å². The molecule has 2 N–H and O–H groups in total. The summed E-state index contributed by atoms with van der Waals surface area (Å²) in [5, 5.41) is 4.79. The number of benzene rings is 1. The van der Waals surface area contributed by atoms with Crippen LogP contribution in [0, 0.1) is 0 Å². The van der Waals surface area contributed by atoms with Crippen LogP contribution in [0.3, 0.4) is 0 Å². The lowest BCUT2D eigenvalue weighted by Gasteiger charge is -2.32. The summed E-state index contributed by atoms with van der Waals surface area (Å²) in [4.78, 5) is 5.13. The number of likely N-dealkylation sites (N-methyl/N-ethyl adjacent to an activating group) is 1. The Balaban J connectivity index is 2.02. The fourth-order valence-electron chi connectivity index (χ4n) is 2.11. The van der Waals surface area contributed by atoms with Crippen molar-refractivity contribution in [1.82, 2.24) is 20.1 Å². The fourth-order valence-corrected chi connectivity index (χ4v) is 3.23. The molecular formula is C13H22N4O2S. The van der Waals surface area contributed by atoms with E-state index in [1.165, 1.54) is 0 Å². The summed E-state index contributed by atoms with van der Waals surface area (Å²) in [6.45, 7) is 3.86. The molecule has 6 nitrogen and oxygen atoms in total.